The summed E-state index contributed by atoms with van der Waals surface area (Å²) in [5.74, 6) is 0.329. The van der Waals surface area contributed by atoms with Crippen LogP contribution in [0.5, 0.6) is 0 Å². The lowest BCUT2D eigenvalue weighted by Gasteiger charge is -2.10. The van der Waals surface area contributed by atoms with Crippen LogP contribution in [0.25, 0.3) is 11.2 Å². The molecule has 0 aliphatic heterocycles. The van der Waals surface area contributed by atoms with Crippen LogP contribution >= 0.6 is 11.6 Å². The van der Waals surface area contributed by atoms with Gasteiger partial charge in [0.2, 0.25) is 5.95 Å². The van der Waals surface area contributed by atoms with Crippen molar-refractivity contribution in [2.45, 2.75) is 6.54 Å². The maximum atomic E-state index is 12.9. The van der Waals surface area contributed by atoms with Crippen LogP contribution in [-0.2, 0) is 20.6 Å². The standard InChI is InChI=1S/C21H19ClN6O2/c1-26-18-17(19(29)27(2)21(26)30)28(13-15-10-6-7-11-16(15)22)20(24-18)25-23-12-14-8-4-3-5-9-14/h3-12H,13H2,1-2H3,(H,24,25). The van der Waals surface area contributed by atoms with E-state index < -0.39 is 11.2 Å². The van der Waals surface area contributed by atoms with E-state index in [0.29, 0.717) is 11.0 Å². The normalized spacial score (nSPS) is 11.4. The van der Waals surface area contributed by atoms with Crippen LogP contribution in [0.4, 0.5) is 5.95 Å². The van der Waals surface area contributed by atoms with Crippen molar-refractivity contribution in [3.63, 3.8) is 0 Å². The van der Waals surface area contributed by atoms with Crippen LogP contribution in [0.1, 0.15) is 11.1 Å². The minimum Gasteiger partial charge on any atom is -0.298 e. The highest BCUT2D eigenvalue weighted by Gasteiger charge is 2.19. The van der Waals surface area contributed by atoms with Gasteiger partial charge in [0.15, 0.2) is 11.2 Å². The van der Waals surface area contributed by atoms with E-state index in [2.05, 4.69) is 15.5 Å². The molecule has 0 saturated carbocycles. The van der Waals surface area contributed by atoms with Gasteiger partial charge in [0, 0.05) is 19.1 Å². The van der Waals surface area contributed by atoms with E-state index in [0.717, 1.165) is 15.7 Å². The molecule has 8 nitrogen and oxygen atoms in total. The van der Waals surface area contributed by atoms with Gasteiger partial charge in [-0.25, -0.2) is 10.2 Å². The van der Waals surface area contributed by atoms with Gasteiger partial charge in [0.05, 0.1) is 12.8 Å². The zero-order valence-electron chi connectivity index (χ0n) is 16.4. The molecule has 152 valence electrons. The highest BCUT2D eigenvalue weighted by atomic mass is 35.5. The molecule has 0 bridgehead atoms. The molecule has 0 fully saturated rings. The molecule has 0 unspecified atom stereocenters. The lowest BCUT2D eigenvalue weighted by Crippen LogP contribution is -2.37. The van der Waals surface area contributed by atoms with Gasteiger partial charge in [0.25, 0.3) is 5.56 Å². The Morgan fingerprint density at radius 1 is 1.03 bits per heavy atom. The van der Waals surface area contributed by atoms with Crippen molar-refractivity contribution in [3.8, 4) is 0 Å². The summed E-state index contributed by atoms with van der Waals surface area (Å²) in [5, 5.41) is 4.82. The molecule has 2 aromatic carbocycles. The van der Waals surface area contributed by atoms with Gasteiger partial charge < -0.3 is 0 Å². The third-order valence-electron chi connectivity index (χ3n) is 4.81. The van der Waals surface area contributed by atoms with Crippen molar-refractivity contribution in [1.29, 1.82) is 0 Å². The van der Waals surface area contributed by atoms with Gasteiger partial charge in [-0.15, -0.1) is 0 Å². The fourth-order valence-corrected chi connectivity index (χ4v) is 3.38. The molecule has 2 aromatic heterocycles. The van der Waals surface area contributed by atoms with Crippen molar-refractivity contribution in [1.82, 2.24) is 18.7 Å². The zero-order chi connectivity index (χ0) is 21.3. The number of halogens is 1. The summed E-state index contributed by atoms with van der Waals surface area (Å²) in [6.07, 6.45) is 1.65. The Morgan fingerprint density at radius 2 is 1.73 bits per heavy atom. The maximum Gasteiger partial charge on any atom is 0.332 e. The van der Waals surface area contributed by atoms with Crippen LogP contribution < -0.4 is 16.7 Å². The third-order valence-corrected chi connectivity index (χ3v) is 5.18. The fourth-order valence-electron chi connectivity index (χ4n) is 3.19. The molecule has 4 rings (SSSR count). The maximum absolute atomic E-state index is 12.9. The Morgan fingerprint density at radius 3 is 2.47 bits per heavy atom. The predicted molar refractivity (Wildman–Crippen MR) is 118 cm³/mol. The molecule has 0 aliphatic carbocycles. The first-order valence-electron chi connectivity index (χ1n) is 9.21. The van der Waals surface area contributed by atoms with Gasteiger partial charge in [-0.2, -0.15) is 10.1 Å². The Bertz CT molecular complexity index is 1370. The van der Waals surface area contributed by atoms with Crippen molar-refractivity contribution < 1.29 is 0 Å². The topological polar surface area (TPSA) is 86.2 Å². The molecule has 0 amide bonds. The van der Waals surface area contributed by atoms with Crippen LogP contribution in [0.15, 0.2) is 69.3 Å². The molecule has 30 heavy (non-hydrogen) atoms. The molecular formula is C21H19ClN6O2. The van der Waals surface area contributed by atoms with Gasteiger partial charge in [-0.05, 0) is 17.2 Å². The van der Waals surface area contributed by atoms with Gasteiger partial charge in [-0.3, -0.25) is 18.5 Å². The highest BCUT2D eigenvalue weighted by molar-refractivity contribution is 6.31. The Kier molecular flexibility index (Phi) is 5.24. The number of aryl methyl sites for hydroxylation is 1. The fraction of sp³-hybridized carbons (Fsp3) is 0.143. The average molecular weight is 423 g/mol. The Hall–Kier alpha value is -3.65. The molecular weight excluding hydrogens is 404 g/mol. The Labute approximate surface area is 176 Å². The quantitative estimate of drug-likeness (QED) is 0.395. The molecule has 0 aliphatic rings. The monoisotopic (exact) mass is 422 g/mol. The molecule has 0 atom stereocenters. The minimum absolute atomic E-state index is 0.271. The first-order chi connectivity index (χ1) is 14.5. The second kappa shape index (κ2) is 8.00. The number of aromatic nitrogens is 4. The van der Waals surface area contributed by atoms with Crippen molar-refractivity contribution in [2.75, 3.05) is 5.43 Å². The predicted octanol–water partition coefficient (Wildman–Crippen LogP) is 2.58. The minimum atomic E-state index is -0.450. The third kappa shape index (κ3) is 3.53. The molecule has 0 radical (unpaired) electrons. The lowest BCUT2D eigenvalue weighted by atomic mass is 10.2. The van der Waals surface area contributed by atoms with Crippen molar-refractivity contribution >= 4 is 34.9 Å². The average Bonchev–Trinajstić information content (AvgIpc) is 3.11. The second-order valence-electron chi connectivity index (χ2n) is 6.77. The number of hydrogen-bond donors (Lipinski definition) is 1. The summed E-state index contributed by atoms with van der Waals surface area (Å²) in [5.41, 5.74) is 4.29. The number of hydrazone groups is 1. The SMILES string of the molecule is Cn1c(=O)c2c(nc(NN=Cc3ccccc3)n2Cc2ccccc2Cl)n(C)c1=O. The van der Waals surface area contributed by atoms with Crippen LogP contribution in [0, 0.1) is 0 Å². The molecule has 2 heterocycles. The van der Waals surface area contributed by atoms with E-state index in [1.165, 1.54) is 11.6 Å². The number of imidazole rings is 1. The summed E-state index contributed by atoms with van der Waals surface area (Å²) in [6.45, 7) is 0.285. The molecule has 9 heteroatoms. The van der Waals surface area contributed by atoms with E-state index in [1.54, 1.807) is 23.9 Å². The summed E-state index contributed by atoms with van der Waals surface area (Å²) < 4.78 is 4.08. The first kappa shape index (κ1) is 19.7. The highest BCUT2D eigenvalue weighted by Crippen LogP contribution is 2.22. The number of rotatable bonds is 5. The van der Waals surface area contributed by atoms with Crippen LogP contribution in [-0.4, -0.2) is 24.9 Å². The number of nitrogens with zero attached hydrogens (tertiary/aromatic N) is 5. The number of hydrogen-bond acceptors (Lipinski definition) is 5. The molecule has 0 saturated heterocycles. The van der Waals surface area contributed by atoms with Crippen LogP contribution in [0.2, 0.25) is 5.02 Å². The number of fused-ring (bicyclic) bond motifs is 1. The van der Waals surface area contributed by atoms with Crippen LogP contribution in [0.3, 0.4) is 0 Å². The Balaban J connectivity index is 1.86. The lowest BCUT2D eigenvalue weighted by molar-refractivity contribution is 0.702. The summed E-state index contributed by atoms with van der Waals surface area (Å²) in [6, 6.07) is 16.9. The van der Waals surface area contributed by atoms with E-state index in [4.69, 9.17) is 11.6 Å². The number of anilines is 1. The van der Waals surface area contributed by atoms with Crippen molar-refractivity contribution in [2.24, 2.45) is 19.2 Å². The zero-order valence-corrected chi connectivity index (χ0v) is 17.2. The summed E-state index contributed by atoms with van der Waals surface area (Å²) >= 11 is 6.33. The molecule has 4 aromatic rings. The second-order valence-corrected chi connectivity index (χ2v) is 7.18. The van der Waals surface area contributed by atoms with Gasteiger partial charge >= 0.3 is 5.69 Å². The van der Waals surface area contributed by atoms with E-state index in [-0.39, 0.29) is 17.7 Å². The number of benzene rings is 2. The molecule has 0 spiro atoms. The number of nitrogens with one attached hydrogen (secondary N) is 1. The molecule has 1 N–H and O–H groups in total. The van der Waals surface area contributed by atoms with Crippen molar-refractivity contribution in [3.05, 3.63) is 91.6 Å². The van der Waals surface area contributed by atoms with Gasteiger partial charge in [-0.1, -0.05) is 60.1 Å². The van der Waals surface area contributed by atoms with E-state index >= 15 is 0 Å². The van der Waals surface area contributed by atoms with E-state index in [9.17, 15) is 9.59 Å². The van der Waals surface area contributed by atoms with Gasteiger partial charge in [0.1, 0.15) is 0 Å². The summed E-state index contributed by atoms with van der Waals surface area (Å²) in [4.78, 5) is 29.7. The summed E-state index contributed by atoms with van der Waals surface area (Å²) in [7, 11) is 3.02. The van der Waals surface area contributed by atoms with E-state index in [1.807, 2.05) is 48.5 Å². The largest absolute Gasteiger partial charge is 0.332 e. The smallest absolute Gasteiger partial charge is 0.298 e. The first-order valence-corrected chi connectivity index (χ1v) is 9.59.